The SMILES string of the molecule is CN(CCCN1CCCCC1)C(=O)c1ccc(-n2[nH]cc(-c3ccc(C#N)cc3)c2=O)nc1. The highest BCUT2D eigenvalue weighted by Gasteiger charge is 2.15. The van der Waals surface area contributed by atoms with Crippen LogP contribution in [0, 0.1) is 11.3 Å². The van der Waals surface area contributed by atoms with Crippen LogP contribution in [0.5, 0.6) is 0 Å². The Morgan fingerprint density at radius 3 is 2.58 bits per heavy atom. The van der Waals surface area contributed by atoms with Crippen LogP contribution < -0.4 is 5.56 Å². The fourth-order valence-corrected chi connectivity index (χ4v) is 4.15. The maximum absolute atomic E-state index is 12.8. The van der Waals surface area contributed by atoms with Crippen LogP contribution in [0.3, 0.4) is 0 Å². The molecule has 0 atom stereocenters. The van der Waals surface area contributed by atoms with Gasteiger partial charge in [0.25, 0.3) is 11.5 Å². The first-order valence-electron chi connectivity index (χ1n) is 11.3. The molecule has 0 unspecified atom stereocenters. The number of benzene rings is 1. The molecule has 170 valence electrons. The lowest BCUT2D eigenvalue weighted by atomic mass is 10.1. The molecule has 3 heterocycles. The summed E-state index contributed by atoms with van der Waals surface area (Å²) in [5.74, 6) is 0.328. The van der Waals surface area contributed by atoms with Crippen molar-refractivity contribution in [2.45, 2.75) is 25.7 Å². The Morgan fingerprint density at radius 2 is 1.91 bits per heavy atom. The Kier molecular flexibility index (Phi) is 7.01. The van der Waals surface area contributed by atoms with Gasteiger partial charge in [-0.15, -0.1) is 0 Å². The van der Waals surface area contributed by atoms with Gasteiger partial charge in [-0.25, -0.2) is 9.67 Å². The molecule has 0 radical (unpaired) electrons. The van der Waals surface area contributed by atoms with Crippen molar-refractivity contribution in [3.63, 3.8) is 0 Å². The minimum atomic E-state index is -0.249. The summed E-state index contributed by atoms with van der Waals surface area (Å²) < 4.78 is 1.34. The first kappa shape index (κ1) is 22.5. The normalized spacial score (nSPS) is 14.1. The van der Waals surface area contributed by atoms with Gasteiger partial charge in [-0.1, -0.05) is 18.6 Å². The second-order valence-corrected chi connectivity index (χ2v) is 8.40. The highest BCUT2D eigenvalue weighted by Crippen LogP contribution is 2.16. The van der Waals surface area contributed by atoms with E-state index >= 15 is 0 Å². The zero-order valence-electron chi connectivity index (χ0n) is 18.8. The van der Waals surface area contributed by atoms with Crippen LogP contribution in [0.2, 0.25) is 0 Å². The van der Waals surface area contributed by atoms with E-state index in [1.165, 1.54) is 30.1 Å². The number of likely N-dealkylation sites (tertiary alicyclic amines) is 1. The number of nitrogens with one attached hydrogen (secondary N) is 1. The number of hydrogen-bond acceptors (Lipinski definition) is 5. The molecule has 2 aromatic heterocycles. The van der Waals surface area contributed by atoms with Crippen molar-refractivity contribution >= 4 is 5.91 Å². The molecule has 1 N–H and O–H groups in total. The number of nitrogens with zero attached hydrogens (tertiary/aromatic N) is 5. The van der Waals surface area contributed by atoms with E-state index in [-0.39, 0.29) is 11.5 Å². The van der Waals surface area contributed by atoms with Crippen molar-refractivity contribution in [3.8, 4) is 23.0 Å². The summed E-state index contributed by atoms with van der Waals surface area (Å²) in [7, 11) is 1.81. The molecule has 0 spiro atoms. The van der Waals surface area contributed by atoms with Crippen molar-refractivity contribution < 1.29 is 4.79 Å². The van der Waals surface area contributed by atoms with Crippen LogP contribution in [-0.4, -0.2) is 63.7 Å². The second kappa shape index (κ2) is 10.3. The van der Waals surface area contributed by atoms with Crippen LogP contribution in [0.25, 0.3) is 16.9 Å². The molecule has 0 aliphatic carbocycles. The Bertz CT molecular complexity index is 1180. The summed E-state index contributed by atoms with van der Waals surface area (Å²) in [4.78, 5) is 34.1. The van der Waals surface area contributed by atoms with Crippen molar-refractivity contribution in [1.82, 2.24) is 24.6 Å². The summed E-state index contributed by atoms with van der Waals surface area (Å²) in [6.45, 7) is 4.04. The Labute approximate surface area is 193 Å². The molecule has 33 heavy (non-hydrogen) atoms. The molecule has 4 rings (SSSR count). The number of rotatable bonds is 7. The van der Waals surface area contributed by atoms with Crippen molar-refractivity contribution in [3.05, 3.63) is 70.3 Å². The number of hydrogen-bond donors (Lipinski definition) is 1. The molecule has 1 aromatic carbocycles. The topological polar surface area (TPSA) is 98.0 Å². The predicted octanol–water partition coefficient (Wildman–Crippen LogP) is 3.05. The van der Waals surface area contributed by atoms with Crippen LogP contribution in [-0.2, 0) is 0 Å². The molecule has 1 aliphatic heterocycles. The zero-order valence-corrected chi connectivity index (χ0v) is 18.8. The van der Waals surface area contributed by atoms with E-state index in [0.717, 1.165) is 26.1 Å². The highest BCUT2D eigenvalue weighted by atomic mass is 16.2. The number of nitriles is 1. The first-order chi connectivity index (χ1) is 16.1. The van der Waals surface area contributed by atoms with E-state index in [9.17, 15) is 9.59 Å². The Balaban J connectivity index is 1.39. The minimum absolute atomic E-state index is 0.0789. The molecule has 1 fully saturated rings. The molecule has 8 heteroatoms. The van der Waals surface area contributed by atoms with Gasteiger partial charge in [-0.05, 0) is 68.7 Å². The van der Waals surface area contributed by atoms with E-state index in [2.05, 4.69) is 21.1 Å². The predicted molar refractivity (Wildman–Crippen MR) is 126 cm³/mol. The third kappa shape index (κ3) is 5.21. The molecule has 3 aromatic rings. The Hall–Kier alpha value is -3.70. The Morgan fingerprint density at radius 1 is 1.15 bits per heavy atom. The lowest BCUT2D eigenvalue weighted by Crippen LogP contribution is -2.34. The fraction of sp³-hybridized carbons (Fsp3) is 0.360. The zero-order chi connectivity index (χ0) is 23.2. The number of amides is 1. The monoisotopic (exact) mass is 444 g/mol. The molecule has 1 saturated heterocycles. The maximum atomic E-state index is 12.8. The van der Waals surface area contributed by atoms with Gasteiger partial charge in [-0.3, -0.25) is 14.7 Å². The quantitative estimate of drug-likeness (QED) is 0.604. The second-order valence-electron chi connectivity index (χ2n) is 8.40. The average molecular weight is 445 g/mol. The van der Waals surface area contributed by atoms with Crippen molar-refractivity contribution in [2.75, 3.05) is 33.2 Å². The number of H-pyrrole nitrogens is 1. The summed E-state index contributed by atoms with van der Waals surface area (Å²) in [5.41, 5.74) is 1.97. The lowest BCUT2D eigenvalue weighted by molar-refractivity contribution is 0.0786. The van der Waals surface area contributed by atoms with Gasteiger partial charge in [-0.2, -0.15) is 5.26 Å². The van der Waals surface area contributed by atoms with Crippen molar-refractivity contribution in [2.24, 2.45) is 0 Å². The maximum Gasteiger partial charge on any atom is 0.280 e. The molecule has 0 bridgehead atoms. The number of aromatic nitrogens is 3. The molecular weight excluding hydrogens is 416 g/mol. The van der Waals surface area contributed by atoms with Crippen molar-refractivity contribution in [1.29, 1.82) is 5.26 Å². The smallest absolute Gasteiger partial charge is 0.280 e. The number of aromatic amines is 1. The third-order valence-corrected chi connectivity index (χ3v) is 6.08. The van der Waals surface area contributed by atoms with Gasteiger partial charge < -0.3 is 9.80 Å². The van der Waals surface area contributed by atoms with Gasteiger partial charge in [0.2, 0.25) is 0 Å². The number of carbonyl (C=O) groups is 1. The van der Waals surface area contributed by atoms with Crippen LogP contribution >= 0.6 is 0 Å². The molecule has 0 saturated carbocycles. The van der Waals surface area contributed by atoms with Crippen LogP contribution in [0.1, 0.15) is 41.6 Å². The highest BCUT2D eigenvalue weighted by molar-refractivity contribution is 5.93. The van der Waals surface area contributed by atoms with Crippen LogP contribution in [0.4, 0.5) is 0 Å². The largest absolute Gasteiger partial charge is 0.342 e. The third-order valence-electron chi connectivity index (χ3n) is 6.08. The lowest BCUT2D eigenvalue weighted by Gasteiger charge is -2.27. The summed E-state index contributed by atoms with van der Waals surface area (Å²) in [6, 6.07) is 12.3. The van der Waals surface area contributed by atoms with E-state index in [4.69, 9.17) is 5.26 Å². The number of carbonyl (C=O) groups excluding carboxylic acids is 1. The summed E-state index contributed by atoms with van der Waals surface area (Å²) in [5, 5.41) is 11.9. The van der Waals surface area contributed by atoms with Gasteiger partial charge in [0.05, 0.1) is 22.8 Å². The van der Waals surface area contributed by atoms with E-state index in [1.54, 1.807) is 47.5 Å². The van der Waals surface area contributed by atoms with Gasteiger partial charge in [0.1, 0.15) is 0 Å². The number of piperidine rings is 1. The first-order valence-corrected chi connectivity index (χ1v) is 11.3. The van der Waals surface area contributed by atoms with E-state index in [0.29, 0.717) is 34.6 Å². The van der Waals surface area contributed by atoms with Crippen LogP contribution in [0.15, 0.2) is 53.6 Å². The average Bonchev–Trinajstić information content (AvgIpc) is 3.25. The summed E-state index contributed by atoms with van der Waals surface area (Å²) >= 11 is 0. The van der Waals surface area contributed by atoms with E-state index in [1.807, 2.05) is 7.05 Å². The fourth-order valence-electron chi connectivity index (χ4n) is 4.15. The molecule has 1 aliphatic rings. The van der Waals surface area contributed by atoms with Gasteiger partial charge in [0, 0.05) is 26.0 Å². The number of pyridine rings is 1. The van der Waals surface area contributed by atoms with Gasteiger partial charge in [0.15, 0.2) is 5.82 Å². The minimum Gasteiger partial charge on any atom is -0.342 e. The summed E-state index contributed by atoms with van der Waals surface area (Å²) in [6.07, 6.45) is 7.93. The van der Waals surface area contributed by atoms with E-state index < -0.39 is 0 Å². The standard InChI is InChI=1S/C25H28N6O2/c1-29(12-5-15-30-13-3-2-4-14-30)24(32)21-10-11-23(27-17-21)31-25(33)22(18-28-31)20-8-6-19(16-26)7-9-20/h6-11,17-18,28H,2-5,12-15H2,1H3. The van der Waals surface area contributed by atoms with Gasteiger partial charge >= 0.3 is 0 Å². The molecule has 8 nitrogen and oxygen atoms in total. The molecule has 1 amide bonds. The molecular formula is C25H28N6O2.